The molecule has 0 aliphatic carbocycles. The molecule has 0 bridgehead atoms. The summed E-state index contributed by atoms with van der Waals surface area (Å²) in [7, 11) is 3.33. The van der Waals surface area contributed by atoms with E-state index < -0.39 is 0 Å². The van der Waals surface area contributed by atoms with Gasteiger partial charge in [-0.05, 0) is 66.2 Å². The normalized spacial score (nSPS) is 10.5. The Morgan fingerprint density at radius 1 is 0.931 bits per heavy atom. The minimum absolute atomic E-state index is 0.512. The zero-order valence-corrected chi connectivity index (χ0v) is 17.1. The van der Waals surface area contributed by atoms with E-state index >= 15 is 0 Å². The molecule has 0 unspecified atom stereocenters. The minimum Gasteiger partial charge on any atom is -0.497 e. The molecule has 0 saturated carbocycles. The van der Waals surface area contributed by atoms with Crippen LogP contribution in [0.25, 0.3) is 32.4 Å². The van der Waals surface area contributed by atoms with Crippen LogP contribution in [0.5, 0.6) is 11.5 Å². The van der Waals surface area contributed by atoms with Crippen LogP contribution in [0, 0.1) is 12.3 Å². The largest absolute Gasteiger partial charge is 0.497 e. The lowest BCUT2D eigenvalue weighted by atomic mass is 10.1. The second kappa shape index (κ2) is 8.26. The summed E-state index contributed by atoms with van der Waals surface area (Å²) in [6.07, 6.45) is 7.51. The quantitative estimate of drug-likeness (QED) is 0.396. The molecule has 0 aliphatic rings. The van der Waals surface area contributed by atoms with Gasteiger partial charge in [-0.2, -0.15) is 0 Å². The summed E-state index contributed by atoms with van der Waals surface area (Å²) in [5.41, 5.74) is 4.08. The zero-order chi connectivity index (χ0) is 20.2. The highest BCUT2D eigenvalue weighted by molar-refractivity contribution is 7.18. The summed E-state index contributed by atoms with van der Waals surface area (Å²) in [6.45, 7) is 0.512. The molecule has 29 heavy (non-hydrogen) atoms. The van der Waals surface area contributed by atoms with Crippen LogP contribution in [0.4, 0.5) is 0 Å². The number of rotatable bonds is 6. The highest BCUT2D eigenvalue weighted by atomic mass is 32.1. The van der Waals surface area contributed by atoms with Gasteiger partial charge in [0.1, 0.15) is 16.5 Å². The first-order valence-corrected chi connectivity index (χ1v) is 9.94. The van der Waals surface area contributed by atoms with Gasteiger partial charge in [0.15, 0.2) is 0 Å². The van der Waals surface area contributed by atoms with E-state index in [4.69, 9.17) is 20.9 Å². The number of hydrogen-bond donors (Lipinski definition) is 0. The maximum absolute atomic E-state index is 5.53. The van der Waals surface area contributed by atoms with Gasteiger partial charge in [-0.1, -0.05) is 5.92 Å². The number of terminal acetylenes is 1. The van der Waals surface area contributed by atoms with Crippen molar-refractivity contribution in [3.05, 3.63) is 66.9 Å². The van der Waals surface area contributed by atoms with Crippen molar-refractivity contribution >= 4 is 11.3 Å². The molecule has 2 aromatic heterocycles. The summed E-state index contributed by atoms with van der Waals surface area (Å²) >= 11 is 1.66. The molecule has 0 aliphatic heterocycles. The number of methoxy groups -OCH3 is 2. The van der Waals surface area contributed by atoms with Gasteiger partial charge >= 0.3 is 0 Å². The van der Waals surface area contributed by atoms with E-state index in [1.165, 1.54) is 0 Å². The Morgan fingerprint density at radius 2 is 1.55 bits per heavy atom. The Labute approximate surface area is 174 Å². The lowest BCUT2D eigenvalue weighted by molar-refractivity contribution is 0.414. The highest BCUT2D eigenvalue weighted by Gasteiger charge is 2.18. The van der Waals surface area contributed by atoms with Crippen LogP contribution in [0.15, 0.2) is 66.9 Å². The van der Waals surface area contributed by atoms with Crippen LogP contribution >= 0.6 is 11.3 Å². The summed E-state index contributed by atoms with van der Waals surface area (Å²) in [5.74, 6) is 4.35. The van der Waals surface area contributed by atoms with Gasteiger partial charge in [-0.3, -0.25) is 0 Å². The van der Waals surface area contributed by atoms with E-state index in [-0.39, 0.29) is 0 Å². The highest BCUT2D eigenvalue weighted by Crippen LogP contribution is 2.41. The second-order valence-electron chi connectivity index (χ2n) is 6.38. The van der Waals surface area contributed by atoms with Crippen molar-refractivity contribution in [2.24, 2.45) is 0 Å². The van der Waals surface area contributed by atoms with E-state index in [0.29, 0.717) is 6.54 Å². The van der Waals surface area contributed by atoms with Crippen LogP contribution in [-0.4, -0.2) is 23.8 Å². The van der Waals surface area contributed by atoms with Crippen molar-refractivity contribution < 1.29 is 9.47 Å². The van der Waals surface area contributed by atoms with Crippen molar-refractivity contribution in [3.8, 4) is 56.2 Å². The Bertz CT molecular complexity index is 1080. The molecule has 0 amide bonds. The molecule has 4 aromatic rings. The van der Waals surface area contributed by atoms with Crippen molar-refractivity contribution in [1.29, 1.82) is 0 Å². The summed E-state index contributed by atoms with van der Waals surface area (Å²) < 4.78 is 12.6. The predicted octanol–water partition coefficient (Wildman–Crippen LogP) is 5.60. The fourth-order valence-corrected chi connectivity index (χ4v) is 4.29. The number of hydrogen-bond acceptors (Lipinski definition) is 4. The lowest BCUT2D eigenvalue weighted by Crippen LogP contribution is -1.95. The molecule has 0 spiro atoms. The summed E-state index contributed by atoms with van der Waals surface area (Å²) in [6, 6.07) is 20.1. The fourth-order valence-electron chi connectivity index (χ4n) is 3.16. The molecule has 0 N–H and O–H groups in total. The maximum Gasteiger partial charge on any atom is 0.141 e. The Balaban J connectivity index is 1.85. The summed E-state index contributed by atoms with van der Waals surface area (Å²) in [4.78, 5) is 6.10. The standard InChI is InChI=1S/C24H20N2O2S/c1-4-15-26-16-5-6-21(26)24-25-22(17-7-11-19(27-2)12-8-17)23(29-24)18-9-13-20(28-3)14-10-18/h1,5-14,16H,15H2,2-3H3. The third-order valence-electron chi connectivity index (χ3n) is 4.65. The van der Waals surface area contributed by atoms with E-state index in [1.54, 1.807) is 25.6 Å². The second-order valence-corrected chi connectivity index (χ2v) is 7.38. The van der Waals surface area contributed by atoms with E-state index in [1.807, 2.05) is 59.3 Å². The van der Waals surface area contributed by atoms with Crippen LogP contribution < -0.4 is 9.47 Å². The zero-order valence-electron chi connectivity index (χ0n) is 16.3. The molecular weight excluding hydrogens is 380 g/mol. The number of benzene rings is 2. The first-order valence-electron chi connectivity index (χ1n) is 9.12. The van der Waals surface area contributed by atoms with E-state index in [0.717, 1.165) is 43.9 Å². The minimum atomic E-state index is 0.512. The molecule has 0 atom stereocenters. The molecule has 2 aromatic carbocycles. The van der Waals surface area contributed by atoms with Crippen LogP contribution in [-0.2, 0) is 6.54 Å². The van der Waals surface area contributed by atoms with Crippen LogP contribution in [0.3, 0.4) is 0 Å². The van der Waals surface area contributed by atoms with Gasteiger partial charge in [0.25, 0.3) is 0 Å². The molecule has 5 heteroatoms. The molecule has 144 valence electrons. The summed E-state index contributed by atoms with van der Waals surface area (Å²) in [5, 5.41) is 0.932. The molecule has 0 radical (unpaired) electrons. The SMILES string of the molecule is C#CCn1cccc1-c1nc(-c2ccc(OC)cc2)c(-c2ccc(OC)cc2)s1. The van der Waals surface area contributed by atoms with Gasteiger partial charge in [-0.25, -0.2) is 4.98 Å². The first kappa shape index (κ1) is 18.9. The Morgan fingerprint density at radius 3 is 2.14 bits per heavy atom. The third-order valence-corrected chi connectivity index (χ3v) is 5.78. The maximum atomic E-state index is 5.53. The molecule has 0 fully saturated rings. The number of thiazole rings is 1. The monoisotopic (exact) mass is 400 g/mol. The average Bonchev–Trinajstić information content (AvgIpc) is 3.41. The van der Waals surface area contributed by atoms with Crippen molar-refractivity contribution in [2.45, 2.75) is 6.54 Å². The number of nitrogens with zero attached hydrogens (tertiary/aromatic N) is 2. The number of ether oxygens (including phenoxy) is 2. The predicted molar refractivity (Wildman–Crippen MR) is 118 cm³/mol. The van der Waals surface area contributed by atoms with Gasteiger partial charge in [0.05, 0.1) is 37.0 Å². The van der Waals surface area contributed by atoms with Crippen molar-refractivity contribution in [2.75, 3.05) is 14.2 Å². The van der Waals surface area contributed by atoms with Crippen LogP contribution in [0.2, 0.25) is 0 Å². The topological polar surface area (TPSA) is 36.3 Å². The average molecular weight is 401 g/mol. The van der Waals surface area contributed by atoms with E-state index in [9.17, 15) is 0 Å². The molecular formula is C24H20N2O2S. The van der Waals surface area contributed by atoms with Crippen molar-refractivity contribution in [1.82, 2.24) is 9.55 Å². The van der Waals surface area contributed by atoms with Gasteiger partial charge in [0.2, 0.25) is 0 Å². The number of aromatic nitrogens is 2. The van der Waals surface area contributed by atoms with Gasteiger partial charge in [-0.15, -0.1) is 17.8 Å². The molecule has 4 rings (SSSR count). The molecule has 0 saturated heterocycles. The van der Waals surface area contributed by atoms with Crippen molar-refractivity contribution in [3.63, 3.8) is 0 Å². The third kappa shape index (κ3) is 3.75. The Kier molecular flexibility index (Phi) is 5.37. The van der Waals surface area contributed by atoms with E-state index in [2.05, 4.69) is 18.1 Å². The smallest absolute Gasteiger partial charge is 0.141 e. The van der Waals surface area contributed by atoms with Crippen LogP contribution in [0.1, 0.15) is 0 Å². The van der Waals surface area contributed by atoms with Gasteiger partial charge < -0.3 is 14.0 Å². The first-order chi connectivity index (χ1) is 14.2. The Hall–Kier alpha value is -3.49. The molecule has 4 nitrogen and oxygen atoms in total. The lowest BCUT2D eigenvalue weighted by Gasteiger charge is -2.05. The fraction of sp³-hybridized carbons (Fsp3) is 0.125. The van der Waals surface area contributed by atoms with Gasteiger partial charge in [0, 0.05) is 11.8 Å². The molecule has 2 heterocycles.